The molecule has 6 atom stereocenters. The van der Waals surface area contributed by atoms with Gasteiger partial charge in [-0.25, -0.2) is 0 Å². The number of pyridine rings is 1. The molecule has 0 spiro atoms. The molecule has 8 heteroatoms. The Morgan fingerprint density at radius 1 is 1.05 bits per heavy atom. The summed E-state index contributed by atoms with van der Waals surface area (Å²) in [5.41, 5.74) is 3.63. The smallest absolute Gasteiger partial charge is 0.250 e. The Kier molecular flexibility index (Phi) is 6.99. The van der Waals surface area contributed by atoms with Gasteiger partial charge >= 0.3 is 0 Å². The van der Waals surface area contributed by atoms with Crippen molar-refractivity contribution in [3.63, 3.8) is 0 Å². The Morgan fingerprint density at radius 2 is 1.89 bits per heavy atom. The number of fused-ring (bicyclic) bond motifs is 7. The van der Waals surface area contributed by atoms with Crippen LogP contribution in [0.5, 0.6) is 0 Å². The summed E-state index contributed by atoms with van der Waals surface area (Å²) in [5.74, 6) is 2.67. The van der Waals surface area contributed by atoms with Gasteiger partial charge in [-0.15, -0.1) is 0 Å². The van der Waals surface area contributed by atoms with Gasteiger partial charge in [-0.1, -0.05) is 6.07 Å². The van der Waals surface area contributed by atoms with Crippen LogP contribution >= 0.6 is 12.2 Å². The van der Waals surface area contributed by atoms with Crippen LogP contribution in [0.15, 0.2) is 47.3 Å². The zero-order valence-corrected chi connectivity index (χ0v) is 22.9. The molecule has 2 N–H and O–H groups in total. The number of likely N-dealkylation sites (tertiary alicyclic amines) is 1. The Balaban J connectivity index is 0.998. The van der Waals surface area contributed by atoms with Gasteiger partial charge in [-0.3, -0.25) is 9.69 Å². The maximum atomic E-state index is 12.4. The predicted octanol–water partition coefficient (Wildman–Crippen LogP) is 3.03. The minimum atomic E-state index is 0.176. The number of nitrogens with one attached hydrogen (secondary N) is 2. The molecule has 5 aliphatic rings. The van der Waals surface area contributed by atoms with Gasteiger partial charge in [0.05, 0.1) is 0 Å². The monoisotopic (exact) mass is 520 g/mol. The van der Waals surface area contributed by atoms with E-state index in [1.165, 1.54) is 50.3 Å². The highest BCUT2D eigenvalue weighted by molar-refractivity contribution is 7.80. The fourth-order valence-electron chi connectivity index (χ4n) is 7.37. The topological polar surface area (TPSA) is 55.8 Å². The molecule has 2 aromatic rings. The summed E-state index contributed by atoms with van der Waals surface area (Å²) in [7, 11) is 4.10. The number of hydrogen-bond donors (Lipinski definition) is 2. The number of hydrogen-bond acceptors (Lipinski definition) is 5. The molecule has 4 bridgehead atoms. The van der Waals surface area contributed by atoms with Crippen molar-refractivity contribution in [1.82, 2.24) is 19.7 Å². The number of piperidine rings is 4. The number of thiocarbonyl (C=S) groups is 1. The number of rotatable bonds is 6. The highest BCUT2D eigenvalue weighted by atomic mass is 32.1. The lowest BCUT2D eigenvalue weighted by Gasteiger charge is -2.52. The van der Waals surface area contributed by atoms with Gasteiger partial charge in [0.2, 0.25) is 0 Å². The number of nitrogens with zero attached hydrogens (tertiary/aromatic N) is 4. The standard InChI is InChI=1S/C29H40N6OS/c1-32(2)25-8-6-24(7-9-25)31-29(37)30-14-26-13-21-10-11-34(26)19-23(21)18-33-15-20-12-22(17-33)27-4-3-5-28(36)35(27)16-20/h3-9,20-23,26H,10-19H2,1-2H3,(H2,30,31,37). The maximum absolute atomic E-state index is 12.4. The third kappa shape index (κ3) is 5.29. The van der Waals surface area contributed by atoms with Gasteiger partial charge in [0.1, 0.15) is 0 Å². The van der Waals surface area contributed by atoms with Crippen LogP contribution in [0.2, 0.25) is 0 Å². The van der Waals surface area contributed by atoms with Gasteiger partial charge in [0.25, 0.3) is 5.56 Å². The van der Waals surface area contributed by atoms with E-state index >= 15 is 0 Å². The first-order chi connectivity index (χ1) is 17.9. The maximum Gasteiger partial charge on any atom is 0.250 e. The third-order valence-corrected chi connectivity index (χ3v) is 9.45. The van der Waals surface area contributed by atoms with Gasteiger partial charge in [0.15, 0.2) is 5.11 Å². The van der Waals surface area contributed by atoms with Crippen molar-refractivity contribution in [2.45, 2.75) is 37.8 Å². The number of anilines is 2. The largest absolute Gasteiger partial charge is 0.378 e. The Morgan fingerprint density at radius 3 is 2.65 bits per heavy atom. The first kappa shape index (κ1) is 24.9. The lowest BCUT2D eigenvalue weighted by Crippen LogP contribution is -2.59. The van der Waals surface area contributed by atoms with Crippen molar-refractivity contribution < 1.29 is 0 Å². The molecule has 4 fully saturated rings. The summed E-state index contributed by atoms with van der Waals surface area (Å²) >= 11 is 5.60. The summed E-state index contributed by atoms with van der Waals surface area (Å²) in [6.45, 7) is 7.65. The summed E-state index contributed by atoms with van der Waals surface area (Å²) < 4.78 is 2.04. The van der Waals surface area contributed by atoms with E-state index in [0.29, 0.717) is 23.0 Å². The van der Waals surface area contributed by atoms with Crippen LogP contribution in [0.25, 0.3) is 0 Å². The Hall–Kier alpha value is -2.42. The van der Waals surface area contributed by atoms with E-state index < -0.39 is 0 Å². The second kappa shape index (κ2) is 10.4. The molecule has 6 unspecified atom stereocenters. The van der Waals surface area contributed by atoms with Crippen LogP contribution in [0.1, 0.15) is 30.9 Å². The van der Waals surface area contributed by atoms with Crippen LogP contribution in [0.4, 0.5) is 11.4 Å². The molecule has 0 amide bonds. The van der Waals surface area contributed by atoms with Gasteiger partial charge in [-0.05, 0) is 86.1 Å². The first-order valence-corrected chi connectivity index (χ1v) is 14.3. The van der Waals surface area contributed by atoms with Gasteiger partial charge < -0.3 is 25.0 Å². The fraction of sp³-hybridized carbons (Fsp3) is 0.586. The van der Waals surface area contributed by atoms with Crippen LogP contribution in [-0.4, -0.2) is 78.9 Å². The van der Waals surface area contributed by atoms with Crippen molar-refractivity contribution in [3.8, 4) is 0 Å². The molecule has 1 aromatic carbocycles. The van der Waals surface area contributed by atoms with Crippen LogP contribution < -0.4 is 21.1 Å². The lowest BCUT2D eigenvalue weighted by molar-refractivity contribution is -0.0189. The van der Waals surface area contributed by atoms with Crippen LogP contribution in [0, 0.1) is 17.8 Å². The van der Waals surface area contributed by atoms with Crippen molar-refractivity contribution in [3.05, 3.63) is 58.5 Å². The second-order valence-electron chi connectivity index (χ2n) is 11.9. The Labute approximate surface area is 225 Å². The molecule has 0 saturated carbocycles. The zero-order valence-electron chi connectivity index (χ0n) is 22.1. The van der Waals surface area contributed by atoms with Gasteiger partial charge in [0, 0.05) is 88.5 Å². The molecule has 0 radical (unpaired) electrons. The molecule has 198 valence electrons. The average Bonchev–Trinajstić information content (AvgIpc) is 2.89. The minimum Gasteiger partial charge on any atom is -0.378 e. The van der Waals surface area contributed by atoms with Gasteiger partial charge in [-0.2, -0.15) is 0 Å². The average molecular weight is 521 g/mol. The summed E-state index contributed by atoms with van der Waals surface area (Å²) in [4.78, 5) is 19.9. The number of aromatic nitrogens is 1. The quantitative estimate of drug-likeness (QED) is 0.568. The van der Waals surface area contributed by atoms with Crippen molar-refractivity contribution in [2.24, 2.45) is 17.8 Å². The molecular formula is C29H40N6OS. The van der Waals surface area contributed by atoms with E-state index in [0.717, 1.165) is 43.7 Å². The van der Waals surface area contributed by atoms with E-state index in [2.05, 4.69) is 55.7 Å². The SMILES string of the molecule is CN(C)c1ccc(NC(=S)NCC2CC3CCN2CC3CN2CC3CC(C2)c2cccc(=O)n2C3)cc1. The van der Waals surface area contributed by atoms with E-state index in [4.69, 9.17) is 12.2 Å². The normalized spacial score (nSPS) is 30.4. The zero-order chi connectivity index (χ0) is 25.5. The highest BCUT2D eigenvalue weighted by Crippen LogP contribution is 2.39. The fourth-order valence-corrected chi connectivity index (χ4v) is 7.57. The summed E-state index contributed by atoms with van der Waals surface area (Å²) in [6, 6.07) is 14.7. The molecule has 4 saturated heterocycles. The summed E-state index contributed by atoms with van der Waals surface area (Å²) in [5, 5.41) is 7.53. The second-order valence-corrected chi connectivity index (χ2v) is 12.3. The summed E-state index contributed by atoms with van der Waals surface area (Å²) in [6.07, 6.45) is 3.82. The molecule has 7 nitrogen and oxygen atoms in total. The Bertz CT molecular complexity index is 1180. The van der Waals surface area contributed by atoms with E-state index in [-0.39, 0.29) is 5.56 Å². The van der Waals surface area contributed by atoms with Crippen molar-refractivity contribution >= 4 is 28.7 Å². The van der Waals surface area contributed by atoms with E-state index in [9.17, 15) is 4.79 Å². The minimum absolute atomic E-state index is 0.176. The van der Waals surface area contributed by atoms with E-state index in [1.807, 2.05) is 24.7 Å². The lowest BCUT2D eigenvalue weighted by atomic mass is 9.74. The van der Waals surface area contributed by atoms with Crippen LogP contribution in [-0.2, 0) is 6.54 Å². The molecule has 7 rings (SSSR count). The van der Waals surface area contributed by atoms with Crippen molar-refractivity contribution in [2.75, 3.05) is 63.6 Å². The predicted molar refractivity (Wildman–Crippen MR) is 155 cm³/mol. The van der Waals surface area contributed by atoms with Crippen LogP contribution in [0.3, 0.4) is 0 Å². The molecular weight excluding hydrogens is 480 g/mol. The van der Waals surface area contributed by atoms with E-state index in [1.54, 1.807) is 6.07 Å². The molecule has 37 heavy (non-hydrogen) atoms. The molecule has 5 aliphatic heterocycles. The molecule has 1 aromatic heterocycles. The van der Waals surface area contributed by atoms with Crippen molar-refractivity contribution in [1.29, 1.82) is 0 Å². The molecule has 0 aliphatic carbocycles. The highest BCUT2D eigenvalue weighted by Gasteiger charge is 2.42. The molecule has 6 heterocycles. The number of benzene rings is 1. The first-order valence-electron chi connectivity index (χ1n) is 13.9. The third-order valence-electron chi connectivity index (χ3n) is 9.20.